The molecule has 0 spiro atoms. The first-order chi connectivity index (χ1) is 16.7. The minimum absolute atomic E-state index is 0.00813. The number of amides is 3. The summed E-state index contributed by atoms with van der Waals surface area (Å²) in [5.74, 6) is -1.47. The number of carbonyl (C=O) groups is 3. The Kier molecular flexibility index (Phi) is 8.72. The largest absolute Gasteiger partial charge is 0.490 e. The van der Waals surface area contributed by atoms with E-state index in [0.717, 1.165) is 0 Å². The first kappa shape index (κ1) is 26.0. The van der Waals surface area contributed by atoms with Gasteiger partial charge in [0.25, 0.3) is 17.7 Å². The number of nitrogens with zero attached hydrogens (tertiary/aromatic N) is 1. The number of halogens is 2. The lowest BCUT2D eigenvalue weighted by Crippen LogP contribution is -2.53. The third-order valence-electron chi connectivity index (χ3n) is 4.65. The van der Waals surface area contributed by atoms with Gasteiger partial charge in [0.2, 0.25) is 0 Å². The van der Waals surface area contributed by atoms with Crippen molar-refractivity contribution in [2.24, 2.45) is 0 Å². The SMILES string of the molecule is C=CCN1C(=O)/C(=C/c2cc(OCC)c(OCC(=O)Nc3ccc(F)cc3)cc2Br)C(=O)NC1=S. The van der Waals surface area contributed by atoms with Gasteiger partial charge in [-0.1, -0.05) is 22.0 Å². The van der Waals surface area contributed by atoms with E-state index in [1.54, 1.807) is 19.1 Å². The van der Waals surface area contributed by atoms with Gasteiger partial charge in [0.15, 0.2) is 23.2 Å². The molecule has 8 nitrogen and oxygen atoms in total. The minimum atomic E-state index is -0.622. The number of carbonyl (C=O) groups excluding carboxylic acids is 3. The molecule has 0 unspecified atom stereocenters. The Balaban J connectivity index is 1.82. The van der Waals surface area contributed by atoms with Crippen molar-refractivity contribution in [3.05, 3.63) is 70.5 Å². The maximum Gasteiger partial charge on any atom is 0.265 e. The molecule has 0 atom stereocenters. The molecule has 0 aromatic heterocycles. The number of rotatable bonds is 9. The standard InChI is InChI=1S/C24H21BrFN3O5S/c1-3-9-29-23(32)17(22(31)28-24(29)35)10-14-11-19(33-4-2)20(12-18(14)25)34-13-21(30)27-16-7-5-15(26)6-8-16/h3,5-8,10-12H,1,4,9,13H2,2H3,(H,27,30)(H,28,31,35)/b17-10+. The number of thiocarbonyl (C=S) groups is 1. The lowest BCUT2D eigenvalue weighted by atomic mass is 10.1. The Hall–Kier alpha value is -3.57. The van der Waals surface area contributed by atoms with Gasteiger partial charge in [0.05, 0.1) is 6.61 Å². The summed E-state index contributed by atoms with van der Waals surface area (Å²) in [7, 11) is 0. The quantitative estimate of drug-likeness (QED) is 0.209. The highest BCUT2D eigenvalue weighted by Crippen LogP contribution is 2.35. The normalized spacial score (nSPS) is 14.5. The molecule has 1 aliphatic heterocycles. The Morgan fingerprint density at radius 3 is 2.57 bits per heavy atom. The van der Waals surface area contributed by atoms with Gasteiger partial charge in [-0.3, -0.25) is 24.6 Å². The average Bonchev–Trinajstić information content (AvgIpc) is 2.81. The van der Waals surface area contributed by atoms with Crippen LogP contribution in [0.1, 0.15) is 12.5 Å². The zero-order valence-electron chi connectivity index (χ0n) is 18.6. The molecular formula is C24H21BrFN3O5S. The summed E-state index contributed by atoms with van der Waals surface area (Å²) in [4.78, 5) is 38.7. The molecule has 0 saturated carbocycles. The summed E-state index contributed by atoms with van der Waals surface area (Å²) in [6.07, 6.45) is 2.91. The summed E-state index contributed by atoms with van der Waals surface area (Å²) in [5, 5.41) is 5.10. The number of benzene rings is 2. The number of ether oxygens (including phenoxy) is 2. The van der Waals surface area contributed by atoms with Crippen LogP contribution in [-0.4, -0.2) is 47.5 Å². The van der Waals surface area contributed by atoms with Gasteiger partial charge in [-0.05, 0) is 67.2 Å². The first-order valence-electron chi connectivity index (χ1n) is 10.4. The van der Waals surface area contributed by atoms with Crippen LogP contribution in [0, 0.1) is 5.82 Å². The fourth-order valence-corrected chi connectivity index (χ4v) is 3.75. The second-order valence-corrected chi connectivity index (χ2v) is 8.36. The molecule has 3 rings (SSSR count). The third kappa shape index (κ3) is 6.52. The number of anilines is 1. The molecule has 1 fully saturated rings. The summed E-state index contributed by atoms with van der Waals surface area (Å²) in [6, 6.07) is 8.48. The predicted molar refractivity (Wildman–Crippen MR) is 136 cm³/mol. The molecule has 0 radical (unpaired) electrons. The van der Waals surface area contributed by atoms with Gasteiger partial charge in [-0.2, -0.15) is 0 Å². The fraction of sp³-hybridized carbons (Fsp3) is 0.167. The molecule has 1 saturated heterocycles. The smallest absolute Gasteiger partial charge is 0.265 e. The van der Waals surface area contributed by atoms with Gasteiger partial charge in [0, 0.05) is 16.7 Å². The summed E-state index contributed by atoms with van der Waals surface area (Å²) < 4.78 is 24.8. The van der Waals surface area contributed by atoms with E-state index < -0.39 is 23.5 Å². The van der Waals surface area contributed by atoms with E-state index in [4.69, 9.17) is 21.7 Å². The Morgan fingerprint density at radius 1 is 1.23 bits per heavy atom. The van der Waals surface area contributed by atoms with E-state index in [1.165, 1.54) is 41.3 Å². The number of nitrogens with one attached hydrogen (secondary N) is 2. The molecule has 0 bridgehead atoms. The van der Waals surface area contributed by atoms with Gasteiger partial charge >= 0.3 is 0 Å². The number of hydrogen-bond donors (Lipinski definition) is 2. The predicted octanol–water partition coefficient (Wildman–Crippen LogP) is 3.82. The molecule has 182 valence electrons. The Bertz CT molecular complexity index is 1220. The lowest BCUT2D eigenvalue weighted by molar-refractivity contribution is -0.128. The van der Waals surface area contributed by atoms with Crippen molar-refractivity contribution in [3.8, 4) is 11.5 Å². The summed E-state index contributed by atoms with van der Waals surface area (Å²) in [6.45, 7) is 5.49. The molecule has 1 heterocycles. The lowest BCUT2D eigenvalue weighted by Gasteiger charge is -2.27. The maximum absolute atomic E-state index is 13.0. The third-order valence-corrected chi connectivity index (χ3v) is 5.66. The van der Waals surface area contributed by atoms with E-state index >= 15 is 0 Å². The zero-order valence-corrected chi connectivity index (χ0v) is 21.0. The molecule has 2 N–H and O–H groups in total. The number of hydrogen-bond acceptors (Lipinski definition) is 6. The highest BCUT2D eigenvalue weighted by Gasteiger charge is 2.32. The highest BCUT2D eigenvalue weighted by molar-refractivity contribution is 9.10. The second kappa shape index (κ2) is 11.7. The van der Waals surface area contributed by atoms with Crippen molar-refractivity contribution in [2.45, 2.75) is 6.92 Å². The Labute approximate surface area is 214 Å². The molecule has 2 aromatic rings. The average molecular weight is 562 g/mol. The van der Waals surface area contributed by atoms with Crippen molar-refractivity contribution in [1.29, 1.82) is 0 Å². The Morgan fingerprint density at radius 2 is 1.91 bits per heavy atom. The van der Waals surface area contributed by atoms with Gasteiger partial charge < -0.3 is 14.8 Å². The van der Waals surface area contributed by atoms with Crippen LogP contribution in [0.3, 0.4) is 0 Å². The zero-order chi connectivity index (χ0) is 25.5. The van der Waals surface area contributed by atoms with Crippen LogP contribution in [0.25, 0.3) is 6.08 Å². The second-order valence-electron chi connectivity index (χ2n) is 7.12. The molecule has 2 aromatic carbocycles. The van der Waals surface area contributed by atoms with Gasteiger partial charge in [-0.15, -0.1) is 6.58 Å². The molecule has 1 aliphatic rings. The van der Waals surface area contributed by atoms with E-state index in [-0.39, 0.29) is 29.6 Å². The van der Waals surface area contributed by atoms with Gasteiger partial charge in [0.1, 0.15) is 11.4 Å². The van der Waals surface area contributed by atoms with Crippen LogP contribution < -0.4 is 20.1 Å². The molecule has 0 aliphatic carbocycles. The van der Waals surface area contributed by atoms with Crippen molar-refractivity contribution < 1.29 is 28.2 Å². The van der Waals surface area contributed by atoms with Crippen molar-refractivity contribution in [3.63, 3.8) is 0 Å². The van der Waals surface area contributed by atoms with E-state index in [2.05, 4.69) is 33.1 Å². The molecule has 35 heavy (non-hydrogen) atoms. The summed E-state index contributed by atoms with van der Waals surface area (Å²) in [5.41, 5.74) is 0.783. The highest BCUT2D eigenvalue weighted by atomic mass is 79.9. The van der Waals surface area contributed by atoms with Crippen LogP contribution in [0.5, 0.6) is 11.5 Å². The molecular weight excluding hydrogens is 541 g/mol. The van der Waals surface area contributed by atoms with Crippen LogP contribution in [0.2, 0.25) is 0 Å². The van der Waals surface area contributed by atoms with Crippen LogP contribution in [-0.2, 0) is 14.4 Å². The van der Waals surface area contributed by atoms with Crippen LogP contribution >= 0.6 is 28.1 Å². The first-order valence-corrected chi connectivity index (χ1v) is 11.6. The van der Waals surface area contributed by atoms with Crippen molar-refractivity contribution in [1.82, 2.24) is 10.2 Å². The maximum atomic E-state index is 13.0. The van der Waals surface area contributed by atoms with E-state index in [0.29, 0.717) is 28.1 Å². The van der Waals surface area contributed by atoms with Crippen LogP contribution in [0.15, 0.2) is 59.1 Å². The van der Waals surface area contributed by atoms with Crippen molar-refractivity contribution >= 4 is 62.7 Å². The van der Waals surface area contributed by atoms with Crippen molar-refractivity contribution in [2.75, 3.05) is 25.1 Å². The van der Waals surface area contributed by atoms with E-state index in [1.807, 2.05) is 0 Å². The van der Waals surface area contributed by atoms with E-state index in [9.17, 15) is 18.8 Å². The topological polar surface area (TPSA) is 97.0 Å². The minimum Gasteiger partial charge on any atom is -0.490 e. The molecule has 3 amide bonds. The van der Waals surface area contributed by atoms with Gasteiger partial charge in [-0.25, -0.2) is 4.39 Å². The summed E-state index contributed by atoms with van der Waals surface area (Å²) >= 11 is 8.47. The van der Waals surface area contributed by atoms with Crippen LogP contribution in [0.4, 0.5) is 10.1 Å². The molecule has 11 heteroatoms. The fourth-order valence-electron chi connectivity index (χ4n) is 3.06. The monoisotopic (exact) mass is 561 g/mol.